The normalized spacial score (nSPS) is 24.7. The van der Waals surface area contributed by atoms with E-state index in [1.165, 1.54) is 0 Å². The zero-order valence-corrected chi connectivity index (χ0v) is 17.8. The third-order valence-electron chi connectivity index (χ3n) is 5.82. The lowest BCUT2D eigenvalue weighted by Gasteiger charge is -2.38. The molecule has 0 spiro atoms. The third-order valence-corrected chi connectivity index (χ3v) is 7.38. The van der Waals surface area contributed by atoms with E-state index in [1.54, 1.807) is 33.7 Å². The van der Waals surface area contributed by atoms with E-state index >= 15 is 0 Å². The van der Waals surface area contributed by atoms with Crippen molar-refractivity contribution in [2.45, 2.75) is 42.2 Å². The molecule has 1 unspecified atom stereocenters. The lowest BCUT2D eigenvalue weighted by atomic mass is 9.95. The van der Waals surface area contributed by atoms with Gasteiger partial charge >= 0.3 is 5.97 Å². The van der Waals surface area contributed by atoms with Gasteiger partial charge in [-0.2, -0.15) is 0 Å². The van der Waals surface area contributed by atoms with Crippen LogP contribution < -0.4 is 0 Å². The molecule has 3 heterocycles. The second kappa shape index (κ2) is 7.85. The maximum absolute atomic E-state index is 13.6. The fraction of sp³-hybridized carbons (Fsp3) is 0.304. The van der Waals surface area contributed by atoms with Crippen LogP contribution in [-0.4, -0.2) is 47.9 Å². The Bertz CT molecular complexity index is 1040. The molecule has 2 aliphatic rings. The van der Waals surface area contributed by atoms with Gasteiger partial charge in [-0.05, 0) is 18.1 Å². The van der Waals surface area contributed by atoms with Crippen LogP contribution in [0, 0.1) is 0 Å². The molecule has 0 aliphatic carbocycles. The van der Waals surface area contributed by atoms with Crippen molar-refractivity contribution >= 4 is 23.6 Å². The Morgan fingerprint density at radius 1 is 1.16 bits per heavy atom. The first-order valence-electron chi connectivity index (χ1n) is 10.2. The first-order valence-corrected chi connectivity index (χ1v) is 11.1. The molecule has 7 nitrogen and oxygen atoms in total. The number of rotatable bonds is 6. The molecule has 2 aliphatic heterocycles. The van der Waals surface area contributed by atoms with Crippen LogP contribution in [0.3, 0.4) is 0 Å². The van der Waals surface area contributed by atoms with Gasteiger partial charge in [0.05, 0.1) is 29.3 Å². The van der Waals surface area contributed by atoms with Crippen LogP contribution in [0.25, 0.3) is 0 Å². The van der Waals surface area contributed by atoms with Gasteiger partial charge in [-0.15, -0.1) is 16.9 Å². The number of benzene rings is 2. The van der Waals surface area contributed by atoms with Crippen molar-refractivity contribution in [3.05, 3.63) is 84.2 Å². The molecule has 1 amide bonds. The molecular weight excluding hydrogens is 412 g/mol. The number of nitrogens with zero attached hydrogens (tertiary/aromatic N) is 4. The number of hydrogen-bond acceptors (Lipinski definition) is 6. The highest BCUT2D eigenvalue weighted by Crippen LogP contribution is 2.52. The van der Waals surface area contributed by atoms with Gasteiger partial charge in [0.25, 0.3) is 0 Å². The van der Waals surface area contributed by atoms with Gasteiger partial charge in [0.15, 0.2) is 6.10 Å². The minimum absolute atomic E-state index is 0.00882. The van der Waals surface area contributed by atoms with Gasteiger partial charge in [0.1, 0.15) is 6.04 Å². The molecule has 0 saturated carbocycles. The van der Waals surface area contributed by atoms with Gasteiger partial charge in [-0.1, -0.05) is 65.9 Å². The number of hydrogen-bond donors (Lipinski definition) is 0. The van der Waals surface area contributed by atoms with Crippen LogP contribution in [0.15, 0.2) is 73.1 Å². The second-order valence-electron chi connectivity index (χ2n) is 8.03. The predicted molar refractivity (Wildman–Crippen MR) is 116 cm³/mol. The van der Waals surface area contributed by atoms with E-state index in [0.717, 1.165) is 11.1 Å². The van der Waals surface area contributed by atoms with Gasteiger partial charge in [0.2, 0.25) is 5.91 Å². The van der Waals surface area contributed by atoms with Crippen LogP contribution in [0.2, 0.25) is 0 Å². The van der Waals surface area contributed by atoms with Crippen molar-refractivity contribution < 1.29 is 14.3 Å². The van der Waals surface area contributed by atoms with Crippen molar-refractivity contribution in [2.24, 2.45) is 0 Å². The molecule has 8 heteroatoms. The average molecular weight is 435 g/mol. The molecule has 2 aromatic carbocycles. The van der Waals surface area contributed by atoms with E-state index in [2.05, 4.69) is 10.3 Å². The van der Waals surface area contributed by atoms with Crippen molar-refractivity contribution in [3.63, 3.8) is 0 Å². The maximum atomic E-state index is 13.6. The van der Waals surface area contributed by atoms with E-state index in [4.69, 9.17) is 4.74 Å². The fourth-order valence-corrected chi connectivity index (χ4v) is 6.12. The Labute approximate surface area is 184 Å². The topological polar surface area (TPSA) is 77.3 Å². The van der Waals surface area contributed by atoms with Crippen molar-refractivity contribution in [2.75, 3.05) is 0 Å². The number of esters is 1. The summed E-state index contributed by atoms with van der Waals surface area (Å²) in [4.78, 5) is 27.7. The summed E-state index contributed by atoms with van der Waals surface area (Å²) in [5.41, 5.74) is 1.77. The molecule has 3 atom stereocenters. The summed E-state index contributed by atoms with van der Waals surface area (Å²) in [6.45, 7) is 2.45. The molecule has 3 aromatic rings. The SMILES string of the molecule is C[C@@]1(Cn2ccnn2)SC2CC(=O)N2[C@H]1C(=O)OC(c1ccccc1)c1ccccc1. The van der Waals surface area contributed by atoms with Gasteiger partial charge < -0.3 is 9.64 Å². The number of fused-ring (bicyclic) bond motifs is 1. The standard InChI is InChI=1S/C23H22N4O3S/c1-23(15-26-13-12-24-25-26)21(27-18(28)14-19(27)31-23)22(29)30-20(16-8-4-2-5-9-16)17-10-6-3-7-11-17/h2-13,19-21H,14-15H2,1H3/t19?,21-,23-/m0/s1. The highest BCUT2D eigenvalue weighted by Gasteiger charge is 2.61. The Hall–Kier alpha value is -3.13. The largest absolute Gasteiger partial charge is 0.451 e. The molecule has 2 fully saturated rings. The molecule has 0 radical (unpaired) electrons. The Balaban J connectivity index is 1.46. The van der Waals surface area contributed by atoms with Crippen LogP contribution in [-0.2, 0) is 20.9 Å². The van der Waals surface area contributed by atoms with Gasteiger partial charge in [-0.25, -0.2) is 4.79 Å². The fourth-order valence-electron chi connectivity index (χ4n) is 4.37. The summed E-state index contributed by atoms with van der Waals surface area (Å²) in [7, 11) is 0. The first-order chi connectivity index (χ1) is 15.0. The minimum Gasteiger partial charge on any atom is -0.451 e. The monoisotopic (exact) mass is 434 g/mol. The molecule has 2 saturated heterocycles. The highest BCUT2D eigenvalue weighted by molar-refractivity contribution is 8.01. The average Bonchev–Trinajstić information content (AvgIpc) is 3.36. The Morgan fingerprint density at radius 2 is 1.81 bits per heavy atom. The van der Waals surface area contributed by atoms with E-state index in [9.17, 15) is 9.59 Å². The minimum atomic E-state index is -0.692. The Morgan fingerprint density at radius 3 is 2.35 bits per heavy atom. The zero-order chi connectivity index (χ0) is 21.4. The molecule has 0 N–H and O–H groups in total. The van der Waals surface area contributed by atoms with Crippen LogP contribution in [0.1, 0.15) is 30.6 Å². The molecule has 5 rings (SSSR count). The number of carbonyl (C=O) groups excluding carboxylic acids is 2. The molecule has 1 aromatic heterocycles. The van der Waals surface area contributed by atoms with E-state index in [0.29, 0.717) is 13.0 Å². The molecular formula is C23H22N4O3S. The van der Waals surface area contributed by atoms with Gasteiger partial charge in [-0.3, -0.25) is 9.48 Å². The quantitative estimate of drug-likeness (QED) is 0.438. The van der Waals surface area contributed by atoms with E-state index in [-0.39, 0.29) is 11.3 Å². The number of amides is 1. The van der Waals surface area contributed by atoms with Crippen LogP contribution in [0.5, 0.6) is 0 Å². The third kappa shape index (κ3) is 3.61. The Kier molecular flexibility index (Phi) is 5.02. The first kappa shape index (κ1) is 19.8. The van der Waals surface area contributed by atoms with E-state index in [1.807, 2.05) is 67.6 Å². The summed E-state index contributed by atoms with van der Waals surface area (Å²) >= 11 is 1.64. The summed E-state index contributed by atoms with van der Waals surface area (Å²) in [6.07, 6.45) is 3.27. The van der Waals surface area contributed by atoms with Crippen molar-refractivity contribution in [1.82, 2.24) is 19.9 Å². The summed E-state index contributed by atoms with van der Waals surface area (Å²) in [6, 6.07) is 18.6. The number of aromatic nitrogens is 3. The van der Waals surface area contributed by atoms with Crippen molar-refractivity contribution in [3.8, 4) is 0 Å². The lowest BCUT2D eigenvalue weighted by Crippen LogP contribution is -2.58. The van der Waals surface area contributed by atoms with Crippen LogP contribution >= 0.6 is 11.8 Å². The molecule has 31 heavy (non-hydrogen) atoms. The highest BCUT2D eigenvalue weighted by atomic mass is 32.2. The number of β-lactam (4-membered cyclic amide) rings is 1. The summed E-state index contributed by atoms with van der Waals surface area (Å²) < 4.78 is 7.26. The lowest BCUT2D eigenvalue weighted by molar-refractivity contribution is -0.164. The summed E-state index contributed by atoms with van der Waals surface area (Å²) in [5, 5.41) is 7.92. The zero-order valence-electron chi connectivity index (χ0n) is 17.0. The predicted octanol–water partition coefficient (Wildman–Crippen LogP) is 3.04. The van der Waals surface area contributed by atoms with Gasteiger partial charge in [0, 0.05) is 6.20 Å². The number of carbonyl (C=O) groups is 2. The van der Waals surface area contributed by atoms with E-state index < -0.39 is 22.9 Å². The van der Waals surface area contributed by atoms with Crippen molar-refractivity contribution in [1.29, 1.82) is 0 Å². The van der Waals surface area contributed by atoms with Crippen LogP contribution in [0.4, 0.5) is 0 Å². The smallest absolute Gasteiger partial charge is 0.331 e. The number of thioether (sulfide) groups is 1. The maximum Gasteiger partial charge on any atom is 0.331 e. The summed E-state index contributed by atoms with van der Waals surface area (Å²) in [5.74, 6) is -0.416. The molecule has 0 bridgehead atoms. The molecule has 158 valence electrons. The number of ether oxygens (including phenoxy) is 1. The second-order valence-corrected chi connectivity index (χ2v) is 9.74.